The molecule has 0 N–H and O–H groups in total. The van der Waals surface area contributed by atoms with Crippen LogP contribution >= 0.6 is 11.6 Å². The Bertz CT molecular complexity index is 250. The number of methoxy groups -OCH3 is 1. The summed E-state index contributed by atoms with van der Waals surface area (Å²) in [5.41, 5.74) is 0.451. The van der Waals surface area contributed by atoms with Crippen molar-refractivity contribution in [3.63, 3.8) is 0 Å². The molecule has 1 rings (SSSR count). The van der Waals surface area contributed by atoms with Gasteiger partial charge in [0.15, 0.2) is 0 Å². The Morgan fingerprint density at radius 3 is 2.42 bits per heavy atom. The third-order valence-corrected chi connectivity index (χ3v) is 1.88. The molecule has 0 unspecified atom stereocenters. The zero-order chi connectivity index (χ0) is 8.43. The predicted octanol–water partition coefficient (Wildman–Crippen LogP) is 3.43. The van der Waals surface area contributed by atoms with Crippen molar-refractivity contribution in [2.45, 2.75) is 14.4 Å². The van der Waals surface area contributed by atoms with E-state index >= 15 is 0 Å². The summed E-state index contributed by atoms with van der Waals surface area (Å²) in [6, 6.07) is 2.89. The van der Waals surface area contributed by atoms with E-state index in [2.05, 4.69) is 0 Å². The Morgan fingerprint density at radius 2 is 2.00 bits per heavy atom. The van der Waals surface area contributed by atoms with Gasteiger partial charge in [-0.15, -0.1) is 0 Å². The molecule has 1 aromatic rings. The van der Waals surface area contributed by atoms with Gasteiger partial charge in [-0.1, -0.05) is 19.0 Å². The van der Waals surface area contributed by atoms with Crippen molar-refractivity contribution >= 4 is 11.6 Å². The predicted molar refractivity (Wildman–Crippen MR) is 49.4 cm³/mol. The highest BCUT2D eigenvalue weighted by atomic mass is 35.5. The van der Waals surface area contributed by atoms with Crippen molar-refractivity contribution in [2.75, 3.05) is 7.11 Å². The van der Waals surface area contributed by atoms with Gasteiger partial charge in [0.25, 0.3) is 0 Å². The van der Waals surface area contributed by atoms with E-state index in [1.807, 2.05) is 0 Å². The summed E-state index contributed by atoms with van der Waals surface area (Å²) in [5.74, 6) is 0.104. The van der Waals surface area contributed by atoms with Gasteiger partial charge in [-0.05, 0) is 13.0 Å². The molecule has 0 heterocycles. The van der Waals surface area contributed by atoms with E-state index in [0.29, 0.717) is 16.3 Å². The Morgan fingerprint density at radius 1 is 1.42 bits per heavy atom. The molecule has 0 aliphatic rings. The Kier molecular flexibility index (Phi) is 4.04. The van der Waals surface area contributed by atoms with Gasteiger partial charge < -0.3 is 4.74 Å². The molecular formula is C9H12ClFO. The van der Waals surface area contributed by atoms with Gasteiger partial charge in [0, 0.05) is 11.6 Å². The van der Waals surface area contributed by atoms with Crippen molar-refractivity contribution in [1.82, 2.24) is 0 Å². The van der Waals surface area contributed by atoms with Crippen molar-refractivity contribution in [3.8, 4) is 5.75 Å². The fraction of sp³-hybridized carbons (Fsp3) is 0.333. The minimum Gasteiger partial charge on any atom is -0.497 e. The molecule has 0 aromatic heterocycles. The molecule has 0 atom stereocenters. The first-order valence-electron chi connectivity index (χ1n) is 3.15. The van der Waals surface area contributed by atoms with E-state index in [1.165, 1.54) is 13.2 Å². The fourth-order valence-corrected chi connectivity index (χ4v) is 0.938. The van der Waals surface area contributed by atoms with Gasteiger partial charge in [-0.25, -0.2) is 4.39 Å². The summed E-state index contributed by atoms with van der Waals surface area (Å²) in [5, 5.41) is 0.391. The lowest BCUT2D eigenvalue weighted by molar-refractivity contribution is 0.411. The van der Waals surface area contributed by atoms with Crippen LogP contribution in [-0.2, 0) is 0 Å². The van der Waals surface area contributed by atoms with Crippen LogP contribution in [0.2, 0.25) is 5.02 Å². The minimum absolute atomic E-state index is 0. The topological polar surface area (TPSA) is 9.23 Å². The number of ether oxygens (including phenoxy) is 1. The molecule has 0 saturated carbocycles. The normalized spacial score (nSPS) is 9.00. The molecule has 0 bridgehead atoms. The van der Waals surface area contributed by atoms with Crippen molar-refractivity contribution in [2.24, 2.45) is 0 Å². The van der Waals surface area contributed by atoms with Crippen molar-refractivity contribution in [1.29, 1.82) is 0 Å². The first-order valence-corrected chi connectivity index (χ1v) is 3.52. The smallest absolute Gasteiger partial charge is 0.131 e. The molecule has 0 fully saturated rings. The Labute approximate surface area is 77.1 Å². The van der Waals surface area contributed by atoms with Crippen LogP contribution in [0, 0.1) is 12.7 Å². The first kappa shape index (κ1) is 11.2. The maximum atomic E-state index is 12.9. The van der Waals surface area contributed by atoms with E-state index in [0.717, 1.165) is 0 Å². The van der Waals surface area contributed by atoms with Gasteiger partial charge in [0.1, 0.15) is 11.6 Å². The fourth-order valence-electron chi connectivity index (χ4n) is 0.740. The lowest BCUT2D eigenvalue weighted by atomic mass is 10.2. The molecule has 68 valence electrons. The second-order valence-electron chi connectivity index (χ2n) is 2.22. The molecule has 0 amide bonds. The maximum absolute atomic E-state index is 12.9. The van der Waals surface area contributed by atoms with Gasteiger partial charge >= 0.3 is 0 Å². The van der Waals surface area contributed by atoms with Crippen LogP contribution in [0.4, 0.5) is 4.39 Å². The zero-order valence-electron chi connectivity index (χ0n) is 6.32. The number of halogens is 2. The molecule has 0 aliphatic carbocycles. The SMILES string of the molecule is C.COc1cc(F)c(C)c(Cl)c1. The van der Waals surface area contributed by atoms with E-state index in [9.17, 15) is 4.39 Å². The third kappa shape index (κ3) is 2.11. The van der Waals surface area contributed by atoms with Crippen LogP contribution in [0.1, 0.15) is 13.0 Å². The maximum Gasteiger partial charge on any atom is 0.131 e. The van der Waals surface area contributed by atoms with Crippen LogP contribution in [-0.4, -0.2) is 7.11 Å². The summed E-state index contributed by atoms with van der Waals surface area (Å²) in [6.45, 7) is 1.62. The van der Waals surface area contributed by atoms with Gasteiger partial charge in [0.2, 0.25) is 0 Å². The van der Waals surface area contributed by atoms with Gasteiger partial charge in [-0.2, -0.15) is 0 Å². The third-order valence-electron chi connectivity index (χ3n) is 1.49. The number of hydrogen-bond acceptors (Lipinski definition) is 1. The largest absolute Gasteiger partial charge is 0.497 e. The van der Waals surface area contributed by atoms with Crippen molar-refractivity contribution in [3.05, 3.63) is 28.5 Å². The van der Waals surface area contributed by atoms with E-state index in [1.54, 1.807) is 13.0 Å². The number of benzene rings is 1. The summed E-state index contributed by atoms with van der Waals surface area (Å²) in [4.78, 5) is 0. The van der Waals surface area contributed by atoms with Crippen LogP contribution in [0.5, 0.6) is 5.75 Å². The average molecular weight is 191 g/mol. The highest BCUT2D eigenvalue weighted by Crippen LogP contribution is 2.24. The quantitative estimate of drug-likeness (QED) is 0.659. The van der Waals surface area contributed by atoms with Crippen LogP contribution < -0.4 is 4.74 Å². The molecule has 3 heteroatoms. The number of rotatable bonds is 1. The minimum atomic E-state index is -0.339. The lowest BCUT2D eigenvalue weighted by Gasteiger charge is -2.03. The molecule has 12 heavy (non-hydrogen) atoms. The molecule has 1 nitrogen and oxygen atoms in total. The Balaban J connectivity index is 0.00000121. The van der Waals surface area contributed by atoms with Crippen LogP contribution in [0.3, 0.4) is 0 Å². The second-order valence-corrected chi connectivity index (χ2v) is 2.62. The molecule has 0 radical (unpaired) electrons. The standard InChI is InChI=1S/C8H8ClFO.CH4/c1-5-7(9)3-6(11-2)4-8(5)10;/h3-4H,1-2H3;1H4. The Hall–Kier alpha value is -0.760. The first-order chi connectivity index (χ1) is 5.15. The van der Waals surface area contributed by atoms with Crippen LogP contribution in [0.15, 0.2) is 12.1 Å². The molecule has 1 aromatic carbocycles. The van der Waals surface area contributed by atoms with E-state index < -0.39 is 0 Å². The molecule has 0 spiro atoms. The molecule has 0 saturated heterocycles. The van der Waals surface area contributed by atoms with Crippen molar-refractivity contribution < 1.29 is 9.13 Å². The number of hydrogen-bond donors (Lipinski definition) is 0. The summed E-state index contributed by atoms with van der Waals surface area (Å²) < 4.78 is 17.7. The van der Waals surface area contributed by atoms with Gasteiger partial charge in [-0.3, -0.25) is 0 Å². The summed E-state index contributed by atoms with van der Waals surface area (Å²) in [7, 11) is 1.47. The second kappa shape index (κ2) is 4.31. The molecule has 0 aliphatic heterocycles. The lowest BCUT2D eigenvalue weighted by Crippen LogP contribution is -1.88. The summed E-state index contributed by atoms with van der Waals surface area (Å²) >= 11 is 5.68. The summed E-state index contributed by atoms with van der Waals surface area (Å²) in [6.07, 6.45) is 0. The van der Waals surface area contributed by atoms with E-state index in [-0.39, 0.29) is 13.2 Å². The van der Waals surface area contributed by atoms with Crippen LogP contribution in [0.25, 0.3) is 0 Å². The van der Waals surface area contributed by atoms with Gasteiger partial charge in [0.05, 0.1) is 12.1 Å². The monoisotopic (exact) mass is 190 g/mol. The highest BCUT2D eigenvalue weighted by Gasteiger charge is 2.04. The highest BCUT2D eigenvalue weighted by molar-refractivity contribution is 6.31. The zero-order valence-corrected chi connectivity index (χ0v) is 7.07. The average Bonchev–Trinajstić information content (AvgIpc) is 1.99. The van der Waals surface area contributed by atoms with E-state index in [4.69, 9.17) is 16.3 Å². The molecular weight excluding hydrogens is 179 g/mol.